The van der Waals surface area contributed by atoms with Crippen LogP contribution in [0.1, 0.15) is 6.42 Å². The van der Waals surface area contributed by atoms with Crippen molar-refractivity contribution in [1.82, 2.24) is 10.3 Å². The maximum Gasteiger partial charge on any atom is 0.261 e. The standard InChI is InChI=1S/C9H11N3O2.ClH/c10-8-5-6(1-3-11-8)14-7-2-4-12-9(7)13;/h1,3,5,7H,2,4H2,(H2,10,11)(H,12,13);1H. The maximum atomic E-state index is 11.2. The van der Waals surface area contributed by atoms with E-state index in [1.807, 2.05) is 0 Å². The molecule has 1 atom stereocenters. The molecular formula is C9H12ClN3O2. The number of ether oxygens (including phenoxy) is 1. The Balaban J connectivity index is 0.00000112. The van der Waals surface area contributed by atoms with Gasteiger partial charge in [-0.15, -0.1) is 12.4 Å². The first-order valence-electron chi connectivity index (χ1n) is 4.41. The number of carbonyl (C=O) groups excluding carboxylic acids is 1. The number of anilines is 1. The van der Waals surface area contributed by atoms with Gasteiger partial charge in [0.15, 0.2) is 6.10 Å². The number of amides is 1. The predicted molar refractivity (Wildman–Crippen MR) is 57.9 cm³/mol. The minimum atomic E-state index is -0.392. The molecule has 2 rings (SSSR count). The molecule has 1 aromatic rings. The molecule has 82 valence electrons. The first-order chi connectivity index (χ1) is 6.75. The molecule has 1 fully saturated rings. The molecule has 1 aromatic heterocycles. The van der Waals surface area contributed by atoms with E-state index in [2.05, 4.69) is 10.3 Å². The van der Waals surface area contributed by atoms with Crippen LogP contribution in [0.25, 0.3) is 0 Å². The van der Waals surface area contributed by atoms with E-state index in [1.165, 1.54) is 0 Å². The van der Waals surface area contributed by atoms with Crippen molar-refractivity contribution in [3.8, 4) is 5.75 Å². The molecule has 0 bridgehead atoms. The largest absolute Gasteiger partial charge is 0.480 e. The highest BCUT2D eigenvalue weighted by Gasteiger charge is 2.25. The van der Waals surface area contributed by atoms with Gasteiger partial charge in [0.25, 0.3) is 5.91 Å². The van der Waals surface area contributed by atoms with Crippen LogP contribution in [0, 0.1) is 0 Å². The Hall–Kier alpha value is -1.49. The molecule has 2 heterocycles. The van der Waals surface area contributed by atoms with Crippen molar-refractivity contribution < 1.29 is 9.53 Å². The first kappa shape index (κ1) is 11.6. The third kappa shape index (κ3) is 2.73. The Bertz CT molecular complexity index is 359. The fraction of sp³-hybridized carbons (Fsp3) is 0.333. The number of pyridine rings is 1. The number of rotatable bonds is 2. The molecule has 1 amide bonds. The Kier molecular flexibility index (Phi) is 3.74. The van der Waals surface area contributed by atoms with Gasteiger partial charge in [0.2, 0.25) is 0 Å². The van der Waals surface area contributed by atoms with E-state index < -0.39 is 6.10 Å². The number of halogens is 1. The van der Waals surface area contributed by atoms with Gasteiger partial charge in [0.05, 0.1) is 0 Å². The number of nitrogens with two attached hydrogens (primary N) is 1. The normalized spacial score (nSPS) is 19.2. The fourth-order valence-electron chi connectivity index (χ4n) is 1.35. The molecular weight excluding hydrogens is 218 g/mol. The van der Waals surface area contributed by atoms with Gasteiger partial charge in [0, 0.05) is 25.2 Å². The molecule has 6 heteroatoms. The van der Waals surface area contributed by atoms with E-state index >= 15 is 0 Å². The summed E-state index contributed by atoms with van der Waals surface area (Å²) in [5.74, 6) is 0.904. The van der Waals surface area contributed by atoms with Crippen molar-refractivity contribution in [2.45, 2.75) is 12.5 Å². The molecule has 0 aromatic carbocycles. The predicted octanol–water partition coefficient (Wildman–Crippen LogP) is 0.353. The zero-order chi connectivity index (χ0) is 9.97. The number of nitrogens with zero attached hydrogens (tertiary/aromatic N) is 1. The Morgan fingerprint density at radius 1 is 1.60 bits per heavy atom. The third-order valence-electron chi connectivity index (χ3n) is 2.03. The van der Waals surface area contributed by atoms with Crippen LogP contribution in [0.15, 0.2) is 18.3 Å². The highest BCUT2D eigenvalue weighted by atomic mass is 35.5. The van der Waals surface area contributed by atoms with Crippen LogP contribution in [0.2, 0.25) is 0 Å². The lowest BCUT2D eigenvalue weighted by molar-refractivity contribution is -0.124. The number of aromatic nitrogens is 1. The maximum absolute atomic E-state index is 11.2. The molecule has 0 saturated carbocycles. The monoisotopic (exact) mass is 229 g/mol. The average Bonchev–Trinajstić information content (AvgIpc) is 2.52. The summed E-state index contributed by atoms with van der Waals surface area (Å²) in [7, 11) is 0. The lowest BCUT2D eigenvalue weighted by atomic mass is 10.3. The summed E-state index contributed by atoms with van der Waals surface area (Å²) in [6, 6.07) is 3.29. The van der Waals surface area contributed by atoms with Gasteiger partial charge in [-0.05, 0) is 6.07 Å². The van der Waals surface area contributed by atoms with E-state index in [0.29, 0.717) is 24.5 Å². The quantitative estimate of drug-likeness (QED) is 0.767. The summed E-state index contributed by atoms with van der Waals surface area (Å²) in [6.07, 6.45) is 1.86. The Morgan fingerprint density at radius 3 is 3.00 bits per heavy atom. The molecule has 5 nitrogen and oxygen atoms in total. The van der Waals surface area contributed by atoms with Crippen molar-refractivity contribution in [3.05, 3.63) is 18.3 Å². The number of carbonyl (C=O) groups is 1. The van der Waals surface area contributed by atoms with Crippen LogP contribution in [0.5, 0.6) is 5.75 Å². The fourth-order valence-corrected chi connectivity index (χ4v) is 1.35. The average molecular weight is 230 g/mol. The minimum absolute atomic E-state index is 0. The smallest absolute Gasteiger partial charge is 0.261 e. The van der Waals surface area contributed by atoms with Crippen molar-refractivity contribution in [1.29, 1.82) is 0 Å². The van der Waals surface area contributed by atoms with Gasteiger partial charge in [-0.1, -0.05) is 0 Å². The van der Waals surface area contributed by atoms with Crippen molar-refractivity contribution >= 4 is 24.1 Å². The van der Waals surface area contributed by atoms with Crippen LogP contribution in [0.3, 0.4) is 0 Å². The topological polar surface area (TPSA) is 77.2 Å². The van der Waals surface area contributed by atoms with E-state index in [4.69, 9.17) is 10.5 Å². The van der Waals surface area contributed by atoms with Crippen LogP contribution >= 0.6 is 12.4 Å². The highest BCUT2D eigenvalue weighted by molar-refractivity contribution is 5.85. The summed E-state index contributed by atoms with van der Waals surface area (Å²) >= 11 is 0. The van der Waals surface area contributed by atoms with E-state index in [9.17, 15) is 4.79 Å². The summed E-state index contributed by atoms with van der Waals surface area (Å²) < 4.78 is 5.44. The molecule has 1 saturated heterocycles. The first-order valence-corrected chi connectivity index (χ1v) is 4.41. The van der Waals surface area contributed by atoms with Crippen molar-refractivity contribution in [2.24, 2.45) is 0 Å². The van der Waals surface area contributed by atoms with Gasteiger partial charge < -0.3 is 15.8 Å². The van der Waals surface area contributed by atoms with Crippen LogP contribution in [-0.2, 0) is 4.79 Å². The summed E-state index contributed by atoms with van der Waals surface area (Å²) in [6.45, 7) is 0.671. The van der Waals surface area contributed by atoms with Crippen molar-refractivity contribution in [2.75, 3.05) is 12.3 Å². The number of hydrogen-bond acceptors (Lipinski definition) is 4. The Morgan fingerprint density at radius 2 is 2.40 bits per heavy atom. The molecule has 15 heavy (non-hydrogen) atoms. The third-order valence-corrected chi connectivity index (χ3v) is 2.03. The molecule has 1 aliphatic heterocycles. The summed E-state index contributed by atoms with van der Waals surface area (Å²) in [4.78, 5) is 15.0. The lowest BCUT2D eigenvalue weighted by Crippen LogP contribution is -2.27. The second kappa shape index (κ2) is 4.84. The van der Waals surface area contributed by atoms with E-state index in [-0.39, 0.29) is 18.3 Å². The van der Waals surface area contributed by atoms with Gasteiger partial charge in [0.1, 0.15) is 11.6 Å². The van der Waals surface area contributed by atoms with E-state index in [1.54, 1.807) is 18.3 Å². The van der Waals surface area contributed by atoms with Crippen molar-refractivity contribution in [3.63, 3.8) is 0 Å². The molecule has 0 aliphatic carbocycles. The second-order valence-corrected chi connectivity index (χ2v) is 3.10. The summed E-state index contributed by atoms with van der Waals surface area (Å²) in [5, 5.41) is 2.69. The molecule has 0 spiro atoms. The Labute approximate surface area is 93.4 Å². The van der Waals surface area contributed by atoms with Crippen LogP contribution in [0.4, 0.5) is 5.82 Å². The van der Waals surface area contributed by atoms with Crippen LogP contribution in [-0.4, -0.2) is 23.5 Å². The molecule has 1 unspecified atom stereocenters. The van der Waals surface area contributed by atoms with Gasteiger partial charge in [-0.3, -0.25) is 4.79 Å². The van der Waals surface area contributed by atoms with Gasteiger partial charge in [-0.2, -0.15) is 0 Å². The molecule has 1 aliphatic rings. The van der Waals surface area contributed by atoms with E-state index in [0.717, 1.165) is 0 Å². The summed E-state index contributed by atoms with van der Waals surface area (Å²) in [5.41, 5.74) is 5.48. The number of nitrogens with one attached hydrogen (secondary N) is 1. The highest BCUT2D eigenvalue weighted by Crippen LogP contribution is 2.16. The zero-order valence-electron chi connectivity index (χ0n) is 7.97. The van der Waals surface area contributed by atoms with Gasteiger partial charge >= 0.3 is 0 Å². The number of nitrogen functional groups attached to an aromatic ring is 1. The SMILES string of the molecule is Cl.Nc1cc(OC2CCNC2=O)ccn1. The van der Waals surface area contributed by atoms with Crippen LogP contribution < -0.4 is 15.8 Å². The lowest BCUT2D eigenvalue weighted by Gasteiger charge is -2.10. The molecule has 0 radical (unpaired) electrons. The molecule has 3 N–H and O–H groups in total. The minimum Gasteiger partial charge on any atom is -0.480 e. The number of hydrogen-bond donors (Lipinski definition) is 2. The van der Waals surface area contributed by atoms with Gasteiger partial charge in [-0.25, -0.2) is 4.98 Å². The zero-order valence-corrected chi connectivity index (χ0v) is 8.79. The second-order valence-electron chi connectivity index (χ2n) is 3.10.